The van der Waals surface area contributed by atoms with Crippen molar-refractivity contribution in [3.63, 3.8) is 0 Å². The average molecular weight is 639 g/mol. The topological polar surface area (TPSA) is 216 Å². The van der Waals surface area contributed by atoms with Crippen LogP contribution in [-0.4, -0.2) is 75.3 Å². The van der Waals surface area contributed by atoms with Gasteiger partial charge < -0.3 is 22.1 Å². The van der Waals surface area contributed by atoms with Crippen molar-refractivity contribution >= 4 is 57.4 Å². The van der Waals surface area contributed by atoms with Crippen molar-refractivity contribution in [3.05, 3.63) is 47.8 Å². The van der Waals surface area contributed by atoms with Crippen LogP contribution >= 0.6 is 0 Å². The number of carbonyl (C=O) groups excluding carboxylic acids is 2. The molecule has 2 aromatic carbocycles. The normalized spacial score (nSPS) is 17.3. The molecule has 0 saturated heterocycles. The first-order chi connectivity index (χ1) is 22.4. The number of benzene rings is 2. The van der Waals surface area contributed by atoms with Gasteiger partial charge in [-0.3, -0.25) is 20.2 Å². The lowest BCUT2D eigenvalue weighted by atomic mass is 9.86. The number of nitrogens with one attached hydrogen (secondary N) is 2. The number of fused-ring (bicyclic) bond motifs is 2. The summed E-state index contributed by atoms with van der Waals surface area (Å²) in [6.07, 6.45) is 4.15. The van der Waals surface area contributed by atoms with Gasteiger partial charge in [-0.2, -0.15) is 9.98 Å². The molecular weight excluding hydrogens is 596 g/mol. The Morgan fingerprint density at radius 1 is 0.809 bits per heavy atom. The Balaban J connectivity index is 1.33. The lowest BCUT2D eigenvalue weighted by Crippen LogP contribution is -2.42. The number of hydrogen-bond donors (Lipinski definition) is 5. The maximum Gasteiger partial charge on any atom is 0.253 e. The largest absolute Gasteiger partial charge is 0.369 e. The summed E-state index contributed by atoms with van der Waals surface area (Å²) in [4.78, 5) is 53.5. The number of aromatic nitrogens is 4. The Labute approximate surface area is 273 Å². The molecule has 4 aromatic rings. The Bertz CT molecular complexity index is 1860. The zero-order chi connectivity index (χ0) is 33.7. The van der Waals surface area contributed by atoms with E-state index in [0.29, 0.717) is 29.6 Å². The summed E-state index contributed by atoms with van der Waals surface area (Å²) in [6.45, 7) is 4.55. The molecule has 8 N–H and O–H groups in total. The second-order valence-corrected chi connectivity index (χ2v) is 12.2. The van der Waals surface area contributed by atoms with Crippen LogP contribution in [0.4, 0.5) is 11.9 Å². The highest BCUT2D eigenvalue weighted by molar-refractivity contribution is 5.98. The third kappa shape index (κ3) is 8.60. The fourth-order valence-electron chi connectivity index (χ4n) is 5.64. The minimum absolute atomic E-state index is 0.0439. The molecule has 0 atom stereocenters. The van der Waals surface area contributed by atoms with Gasteiger partial charge in [0.05, 0.1) is 22.4 Å². The number of carbonyl (C=O) groups is 2. The van der Waals surface area contributed by atoms with Crippen LogP contribution in [0.2, 0.25) is 0 Å². The van der Waals surface area contributed by atoms with Gasteiger partial charge in [-0.05, 0) is 95.9 Å². The summed E-state index contributed by atoms with van der Waals surface area (Å²) in [7, 11) is 3.91. The highest BCUT2D eigenvalue weighted by Gasteiger charge is 2.25. The Morgan fingerprint density at radius 3 is 2.09 bits per heavy atom. The molecule has 5 rings (SSSR count). The van der Waals surface area contributed by atoms with E-state index >= 15 is 0 Å². The van der Waals surface area contributed by atoms with Gasteiger partial charge in [-0.25, -0.2) is 19.9 Å². The van der Waals surface area contributed by atoms with Crippen molar-refractivity contribution < 1.29 is 9.59 Å². The van der Waals surface area contributed by atoms with Crippen LogP contribution in [0.1, 0.15) is 49.9 Å². The Hall–Kier alpha value is -5.08. The minimum Gasteiger partial charge on any atom is -0.369 e. The molecule has 0 radical (unpaired) electrons. The fraction of sp³-hybridized carbons (Fsp3) is 0.394. The molecule has 1 aliphatic carbocycles. The smallest absolute Gasteiger partial charge is 0.253 e. The van der Waals surface area contributed by atoms with Gasteiger partial charge in [0.15, 0.2) is 0 Å². The molecule has 14 nitrogen and oxygen atoms in total. The van der Waals surface area contributed by atoms with Crippen LogP contribution in [0.15, 0.2) is 46.4 Å². The molecule has 1 aliphatic rings. The third-order valence-corrected chi connectivity index (χ3v) is 8.19. The fourth-order valence-corrected chi connectivity index (χ4v) is 5.64. The van der Waals surface area contributed by atoms with Gasteiger partial charge in [0.1, 0.15) is 0 Å². The zero-order valence-electron chi connectivity index (χ0n) is 27.2. The van der Waals surface area contributed by atoms with Gasteiger partial charge in [0.2, 0.25) is 23.7 Å². The average Bonchev–Trinajstić information content (AvgIpc) is 3.00. The number of hydrogen-bond acceptors (Lipinski definition) is 10. The van der Waals surface area contributed by atoms with E-state index in [9.17, 15) is 9.59 Å². The van der Waals surface area contributed by atoms with Crippen molar-refractivity contribution in [2.75, 3.05) is 20.6 Å². The molecule has 47 heavy (non-hydrogen) atoms. The Kier molecular flexibility index (Phi) is 10.3. The molecule has 1 saturated carbocycles. The predicted molar refractivity (Wildman–Crippen MR) is 184 cm³/mol. The molecule has 0 aliphatic heterocycles. The molecule has 2 heterocycles. The quantitative estimate of drug-likeness (QED) is 0.140. The van der Waals surface area contributed by atoms with Crippen LogP contribution < -0.4 is 27.8 Å². The van der Waals surface area contributed by atoms with Crippen LogP contribution in [-0.2, 0) is 9.59 Å². The van der Waals surface area contributed by atoms with E-state index in [2.05, 4.69) is 40.6 Å². The number of amides is 2. The second kappa shape index (κ2) is 14.6. The van der Waals surface area contributed by atoms with E-state index in [0.717, 1.165) is 59.8 Å². The molecule has 14 heteroatoms. The Morgan fingerprint density at radius 2 is 1.40 bits per heavy atom. The van der Waals surface area contributed by atoms with E-state index in [1.165, 1.54) is 0 Å². The van der Waals surface area contributed by atoms with Crippen LogP contribution in [0.5, 0.6) is 0 Å². The van der Waals surface area contributed by atoms with Crippen LogP contribution in [0.3, 0.4) is 0 Å². The van der Waals surface area contributed by atoms with Gasteiger partial charge in [-0.15, -0.1) is 0 Å². The molecule has 2 aromatic heterocycles. The van der Waals surface area contributed by atoms with E-state index < -0.39 is 0 Å². The summed E-state index contributed by atoms with van der Waals surface area (Å²) in [6, 6.07) is 11.9. The summed E-state index contributed by atoms with van der Waals surface area (Å²) >= 11 is 0. The van der Waals surface area contributed by atoms with Crippen LogP contribution in [0.25, 0.3) is 32.9 Å². The number of nitrogens with two attached hydrogens (primary N) is 3. The molecule has 246 valence electrons. The third-order valence-electron chi connectivity index (χ3n) is 8.19. The van der Waals surface area contributed by atoms with E-state index in [1.807, 2.05) is 69.2 Å². The highest BCUT2D eigenvalue weighted by atomic mass is 16.2. The number of guanidine groups is 2. The maximum atomic E-state index is 12.7. The highest BCUT2D eigenvalue weighted by Crippen LogP contribution is 2.30. The minimum atomic E-state index is -0.208. The molecule has 0 unspecified atom stereocenters. The van der Waals surface area contributed by atoms with Gasteiger partial charge in [-0.1, -0.05) is 18.2 Å². The number of rotatable bonds is 8. The van der Waals surface area contributed by atoms with E-state index in [-0.39, 0.29) is 47.6 Å². The monoisotopic (exact) mass is 638 g/mol. The summed E-state index contributed by atoms with van der Waals surface area (Å²) < 4.78 is 0. The van der Waals surface area contributed by atoms with Crippen molar-refractivity contribution in [2.45, 2.75) is 58.4 Å². The van der Waals surface area contributed by atoms with Crippen molar-refractivity contribution in [3.8, 4) is 11.1 Å². The molecule has 0 spiro atoms. The second-order valence-electron chi connectivity index (χ2n) is 12.2. The lowest BCUT2D eigenvalue weighted by molar-refractivity contribution is -0.124. The van der Waals surface area contributed by atoms with E-state index in [1.54, 1.807) is 0 Å². The summed E-state index contributed by atoms with van der Waals surface area (Å²) in [5.41, 5.74) is 22.7. The van der Waals surface area contributed by atoms with Crippen LogP contribution in [0, 0.1) is 19.8 Å². The first kappa shape index (κ1) is 33.3. The summed E-state index contributed by atoms with van der Waals surface area (Å²) in [5.74, 6) is -0.263. The SMILES string of the molecule is Cc1nc(N=C(N)NC(=O)CCCN(C)C)nc2ccc(-c3ccc4c(C)nc(N=C(N)NC(=O)C5CCC(N)CC5)nc4c3)cc12. The zero-order valence-corrected chi connectivity index (χ0v) is 27.2. The number of aliphatic imine (C=N–C) groups is 2. The van der Waals surface area contributed by atoms with Gasteiger partial charge in [0, 0.05) is 29.2 Å². The first-order valence-electron chi connectivity index (χ1n) is 15.7. The van der Waals surface area contributed by atoms with E-state index in [4.69, 9.17) is 17.2 Å². The number of aryl methyl sites for hydroxylation is 2. The molecule has 2 amide bonds. The molecular formula is C33H42N12O2. The van der Waals surface area contributed by atoms with Gasteiger partial charge >= 0.3 is 0 Å². The lowest BCUT2D eigenvalue weighted by Gasteiger charge is -2.24. The van der Waals surface area contributed by atoms with Gasteiger partial charge in [0.25, 0.3) is 11.9 Å². The first-order valence-corrected chi connectivity index (χ1v) is 15.7. The number of nitrogens with zero attached hydrogens (tertiary/aromatic N) is 7. The molecule has 0 bridgehead atoms. The summed E-state index contributed by atoms with van der Waals surface area (Å²) in [5, 5.41) is 7.01. The van der Waals surface area contributed by atoms with Crippen molar-refractivity contribution in [2.24, 2.45) is 33.1 Å². The molecule has 1 fully saturated rings. The standard InChI is InChI=1S/C33H42N12O2/c1-18-24-13-9-22(17-27(24)40-33(37-18)44-31(36)42-29(47)20-7-11-23(34)12-8-20)21-10-14-26-25(16-21)19(2)38-32(39-26)43-30(35)41-28(46)6-5-15-45(3)4/h9-10,13-14,16-17,20,23H,5-8,11-12,15,34H2,1-4H3,(H3,35,38,39,41,43,46)(H3,36,37,40,42,44,47). The van der Waals surface area contributed by atoms with Crippen molar-refractivity contribution in [1.29, 1.82) is 0 Å². The predicted octanol–water partition coefficient (Wildman–Crippen LogP) is 2.84. The van der Waals surface area contributed by atoms with Crippen molar-refractivity contribution in [1.82, 2.24) is 35.5 Å². The maximum absolute atomic E-state index is 12.7.